The summed E-state index contributed by atoms with van der Waals surface area (Å²) in [6.45, 7) is 1.54. The molecule has 4 aromatic rings. The fraction of sp³-hybridized carbons (Fsp3) is 0.368. The first-order chi connectivity index (χ1) is 23.2. The molecule has 4 rings (SSSR count). The maximum atomic E-state index is 10.2. The molecule has 4 aromatic carbocycles. The van der Waals surface area contributed by atoms with Crippen molar-refractivity contribution in [2.75, 3.05) is 41.7 Å². The first kappa shape index (κ1) is 36.0. The number of phenolic OH excluding ortho intramolecular Hbond substituents is 4. The monoisotopic (exact) mass is 662 g/mol. The zero-order chi connectivity index (χ0) is 34.5. The van der Waals surface area contributed by atoms with Gasteiger partial charge in [0, 0.05) is 30.9 Å². The van der Waals surface area contributed by atoms with E-state index in [2.05, 4.69) is 0 Å². The van der Waals surface area contributed by atoms with Crippen molar-refractivity contribution in [3.05, 3.63) is 95.1 Å². The smallest absolute Gasteiger partial charge is 0.122 e. The highest BCUT2D eigenvalue weighted by Gasteiger charge is 2.24. The molecule has 0 aromatic heterocycles. The second-order valence-corrected chi connectivity index (χ2v) is 11.8. The Labute approximate surface area is 282 Å². The van der Waals surface area contributed by atoms with Crippen LogP contribution in [0, 0.1) is 11.8 Å². The van der Waals surface area contributed by atoms with E-state index in [-0.39, 0.29) is 34.8 Å². The molecule has 0 amide bonds. The van der Waals surface area contributed by atoms with E-state index in [1.54, 1.807) is 58.8 Å². The van der Waals surface area contributed by atoms with Crippen molar-refractivity contribution in [2.24, 2.45) is 11.8 Å². The van der Waals surface area contributed by atoms with Crippen molar-refractivity contribution in [3.63, 3.8) is 0 Å². The predicted octanol–water partition coefficient (Wildman–Crippen LogP) is 6.77. The van der Waals surface area contributed by atoms with Crippen LogP contribution >= 0.6 is 0 Å². The molecular formula is C38H46O10. The van der Waals surface area contributed by atoms with Gasteiger partial charge in [-0.3, -0.25) is 0 Å². The van der Waals surface area contributed by atoms with Gasteiger partial charge in [0.1, 0.15) is 46.0 Å². The van der Waals surface area contributed by atoms with Gasteiger partial charge in [-0.15, -0.1) is 0 Å². The van der Waals surface area contributed by atoms with E-state index in [4.69, 9.17) is 28.4 Å². The first-order valence-electron chi connectivity index (χ1n) is 15.8. The van der Waals surface area contributed by atoms with Crippen molar-refractivity contribution in [3.8, 4) is 46.0 Å². The molecule has 0 saturated heterocycles. The van der Waals surface area contributed by atoms with E-state index in [1.807, 2.05) is 30.3 Å². The second kappa shape index (κ2) is 17.9. The molecule has 4 N–H and O–H groups in total. The highest BCUT2D eigenvalue weighted by atomic mass is 16.5. The maximum Gasteiger partial charge on any atom is 0.122 e. The average Bonchev–Trinajstić information content (AvgIpc) is 3.05. The lowest BCUT2D eigenvalue weighted by atomic mass is 9.80. The Hall–Kier alpha value is -4.80. The molecule has 10 nitrogen and oxygen atoms in total. The summed E-state index contributed by atoms with van der Waals surface area (Å²) in [5.41, 5.74) is 3.36. The quantitative estimate of drug-likeness (QED) is 0.0796. The molecule has 2 atom stereocenters. The SMILES string of the molecule is COc1cc(COCCC[C@H](Cc2cc(O)cc(O)c2)[C@H](COCc2cc(OC)cc(OC)c2)Cc2cc(O)cc(O)c2)cc(OC)c1. The van der Waals surface area contributed by atoms with E-state index in [0.29, 0.717) is 62.3 Å². The van der Waals surface area contributed by atoms with Gasteiger partial charge in [-0.1, -0.05) is 0 Å². The van der Waals surface area contributed by atoms with Crippen LogP contribution in [0.2, 0.25) is 0 Å². The van der Waals surface area contributed by atoms with Crippen LogP contribution in [-0.4, -0.2) is 62.1 Å². The van der Waals surface area contributed by atoms with Crippen molar-refractivity contribution >= 4 is 0 Å². The van der Waals surface area contributed by atoms with Gasteiger partial charge in [0.15, 0.2) is 0 Å². The van der Waals surface area contributed by atoms with Gasteiger partial charge < -0.3 is 48.8 Å². The van der Waals surface area contributed by atoms with Crippen molar-refractivity contribution in [2.45, 2.75) is 38.9 Å². The number of phenols is 4. The summed E-state index contributed by atoms with van der Waals surface area (Å²) in [6.07, 6.45) is 2.51. The minimum Gasteiger partial charge on any atom is -0.508 e. The fourth-order valence-electron chi connectivity index (χ4n) is 5.89. The van der Waals surface area contributed by atoms with Crippen LogP contribution in [0.5, 0.6) is 46.0 Å². The van der Waals surface area contributed by atoms with E-state index in [1.165, 1.54) is 12.1 Å². The number of benzene rings is 4. The topological polar surface area (TPSA) is 136 Å². The second-order valence-electron chi connectivity index (χ2n) is 11.8. The zero-order valence-electron chi connectivity index (χ0n) is 28.0. The van der Waals surface area contributed by atoms with Gasteiger partial charge >= 0.3 is 0 Å². The van der Waals surface area contributed by atoms with E-state index >= 15 is 0 Å². The zero-order valence-corrected chi connectivity index (χ0v) is 28.0. The van der Waals surface area contributed by atoms with Crippen LogP contribution in [0.4, 0.5) is 0 Å². The summed E-state index contributed by atoms with van der Waals surface area (Å²) >= 11 is 0. The summed E-state index contributed by atoms with van der Waals surface area (Å²) in [5.74, 6) is 2.56. The fourth-order valence-corrected chi connectivity index (χ4v) is 5.89. The average molecular weight is 663 g/mol. The normalized spacial score (nSPS) is 12.3. The molecule has 0 fully saturated rings. The van der Waals surface area contributed by atoms with Crippen LogP contribution in [0.15, 0.2) is 72.8 Å². The number of rotatable bonds is 19. The third-order valence-corrected chi connectivity index (χ3v) is 8.14. The molecule has 0 spiro atoms. The van der Waals surface area contributed by atoms with Gasteiger partial charge in [0.25, 0.3) is 0 Å². The lowest BCUT2D eigenvalue weighted by Gasteiger charge is -2.28. The van der Waals surface area contributed by atoms with Gasteiger partial charge in [-0.2, -0.15) is 0 Å². The molecule has 10 heteroatoms. The third kappa shape index (κ3) is 11.2. The molecule has 0 unspecified atom stereocenters. The lowest BCUT2D eigenvalue weighted by Crippen LogP contribution is -2.25. The molecule has 0 aliphatic carbocycles. The maximum absolute atomic E-state index is 10.2. The van der Waals surface area contributed by atoms with Crippen molar-refractivity contribution in [1.29, 1.82) is 0 Å². The molecule has 258 valence electrons. The van der Waals surface area contributed by atoms with E-state index in [0.717, 1.165) is 35.1 Å². The third-order valence-electron chi connectivity index (χ3n) is 8.14. The van der Waals surface area contributed by atoms with Crippen LogP contribution in [0.25, 0.3) is 0 Å². The largest absolute Gasteiger partial charge is 0.508 e. The van der Waals surface area contributed by atoms with E-state index < -0.39 is 0 Å². The molecule has 0 radical (unpaired) electrons. The van der Waals surface area contributed by atoms with Gasteiger partial charge in [0.2, 0.25) is 0 Å². The van der Waals surface area contributed by atoms with Crippen LogP contribution in [-0.2, 0) is 35.5 Å². The summed E-state index contributed by atoms with van der Waals surface area (Å²) in [5, 5.41) is 40.9. The van der Waals surface area contributed by atoms with Crippen LogP contribution < -0.4 is 18.9 Å². The number of aromatic hydroxyl groups is 4. The molecule has 0 aliphatic heterocycles. The van der Waals surface area contributed by atoms with Gasteiger partial charge in [-0.25, -0.2) is 0 Å². The van der Waals surface area contributed by atoms with E-state index in [9.17, 15) is 20.4 Å². The van der Waals surface area contributed by atoms with Crippen LogP contribution in [0.1, 0.15) is 35.1 Å². The molecule has 0 saturated carbocycles. The molecule has 48 heavy (non-hydrogen) atoms. The highest BCUT2D eigenvalue weighted by Crippen LogP contribution is 2.32. The Bertz CT molecular complexity index is 1520. The van der Waals surface area contributed by atoms with Crippen molar-refractivity contribution < 1.29 is 48.8 Å². The number of hydrogen-bond donors (Lipinski definition) is 4. The first-order valence-corrected chi connectivity index (χ1v) is 15.8. The Kier molecular flexibility index (Phi) is 13.5. The lowest BCUT2D eigenvalue weighted by molar-refractivity contribution is 0.0578. The van der Waals surface area contributed by atoms with Gasteiger partial charge in [-0.05, 0) is 108 Å². The highest BCUT2D eigenvalue weighted by molar-refractivity contribution is 5.40. The Morgan fingerprint density at radius 1 is 0.458 bits per heavy atom. The summed E-state index contributed by atoms with van der Waals surface area (Å²) in [7, 11) is 6.41. The Morgan fingerprint density at radius 2 is 0.854 bits per heavy atom. The minimum atomic E-state index is -0.0779. The number of methoxy groups -OCH3 is 4. The van der Waals surface area contributed by atoms with Gasteiger partial charge in [0.05, 0.1) is 48.3 Å². The standard InChI is InChI=1S/C38H46O10/c1-43-35-14-27(15-36(20-35)44-2)22-47-7-5-6-29(8-25-10-31(39)18-32(40)11-25)30(9-26-12-33(41)19-34(42)13-26)24-48-23-28-16-37(45-3)21-38(17-28)46-4/h10-21,29-30,39-42H,5-9,22-24H2,1-4H3/t29-,30+/m1/s1. The number of ether oxygens (including phenoxy) is 6. The van der Waals surface area contributed by atoms with Crippen LogP contribution in [0.3, 0.4) is 0 Å². The predicted molar refractivity (Wildman–Crippen MR) is 182 cm³/mol. The molecular weight excluding hydrogens is 616 g/mol. The summed E-state index contributed by atoms with van der Waals surface area (Å²) < 4.78 is 34.0. The van der Waals surface area contributed by atoms with Crippen molar-refractivity contribution in [1.82, 2.24) is 0 Å². The molecule has 0 heterocycles. The number of hydrogen-bond acceptors (Lipinski definition) is 10. The minimum absolute atomic E-state index is 0.0102. The summed E-state index contributed by atoms with van der Waals surface area (Å²) in [4.78, 5) is 0. The molecule has 0 aliphatic rings. The molecule has 0 bridgehead atoms. The summed E-state index contributed by atoms with van der Waals surface area (Å²) in [6, 6.07) is 20.4. The Morgan fingerprint density at radius 3 is 1.27 bits per heavy atom. The Balaban J connectivity index is 1.53.